The van der Waals surface area contributed by atoms with Crippen LogP contribution >= 0.6 is 27.3 Å². The van der Waals surface area contributed by atoms with Crippen molar-refractivity contribution in [2.45, 2.75) is 18.7 Å². The Balaban J connectivity index is 2.85. The number of carbonyl (C=O) groups excluding carboxylic acids is 1. The van der Waals surface area contributed by atoms with Crippen LogP contribution in [0.1, 0.15) is 21.5 Å². The number of aryl methyl sites for hydroxylation is 1. The summed E-state index contributed by atoms with van der Waals surface area (Å²) in [6, 6.07) is 3.84. The fraction of sp³-hybridized carbons (Fsp3) is 0.375. The van der Waals surface area contributed by atoms with Gasteiger partial charge in [0.15, 0.2) is 5.78 Å². The van der Waals surface area contributed by atoms with E-state index in [-0.39, 0.29) is 10.6 Å². The highest BCUT2D eigenvalue weighted by Gasteiger charge is 2.12. The van der Waals surface area contributed by atoms with Gasteiger partial charge in [-0.15, -0.1) is 11.3 Å². The van der Waals surface area contributed by atoms with Gasteiger partial charge in [0.1, 0.15) is 0 Å². The maximum absolute atomic E-state index is 11.3. The highest BCUT2D eigenvalue weighted by atomic mass is 79.9. The molecule has 0 fully saturated rings. The van der Waals surface area contributed by atoms with E-state index in [0.717, 1.165) is 4.88 Å². The third-order valence-electron chi connectivity index (χ3n) is 1.34. The van der Waals surface area contributed by atoms with Crippen molar-refractivity contribution < 1.29 is 4.79 Å². The average Bonchev–Trinajstić information content (AvgIpc) is 2.34. The van der Waals surface area contributed by atoms with Gasteiger partial charge in [-0.25, -0.2) is 0 Å². The van der Waals surface area contributed by atoms with Crippen LogP contribution in [0.5, 0.6) is 0 Å². The van der Waals surface area contributed by atoms with E-state index < -0.39 is 0 Å². The summed E-state index contributed by atoms with van der Waals surface area (Å²) in [5.41, 5.74) is 0. The van der Waals surface area contributed by atoms with Crippen LogP contribution in [-0.4, -0.2) is 10.6 Å². The molecule has 0 aliphatic heterocycles. The molecule has 0 saturated heterocycles. The maximum atomic E-state index is 11.3. The van der Waals surface area contributed by atoms with Crippen molar-refractivity contribution in [3.8, 4) is 0 Å². The lowest BCUT2D eigenvalue weighted by atomic mass is 10.2. The van der Waals surface area contributed by atoms with E-state index in [1.165, 1.54) is 4.88 Å². The van der Waals surface area contributed by atoms with E-state index in [0.29, 0.717) is 0 Å². The first kappa shape index (κ1) is 8.94. The van der Waals surface area contributed by atoms with Crippen LogP contribution in [-0.2, 0) is 0 Å². The molecule has 0 spiro atoms. The SMILES string of the molecule is Cc1ccc(C(=O)C(C)Br)s1. The smallest absolute Gasteiger partial charge is 0.186 e. The zero-order valence-electron chi connectivity index (χ0n) is 6.43. The Morgan fingerprint density at radius 1 is 1.64 bits per heavy atom. The molecule has 0 bridgehead atoms. The Hall–Kier alpha value is -0.150. The third-order valence-corrected chi connectivity index (χ3v) is 2.78. The minimum atomic E-state index is -0.0689. The van der Waals surface area contributed by atoms with Crippen molar-refractivity contribution in [3.05, 3.63) is 21.9 Å². The maximum Gasteiger partial charge on any atom is 0.186 e. The molecular weight excluding hydrogens is 224 g/mol. The lowest BCUT2D eigenvalue weighted by molar-refractivity contribution is 0.0999. The van der Waals surface area contributed by atoms with Crippen LogP contribution in [0.15, 0.2) is 12.1 Å². The van der Waals surface area contributed by atoms with Gasteiger partial charge < -0.3 is 0 Å². The highest BCUT2D eigenvalue weighted by Crippen LogP contribution is 2.18. The molecule has 0 radical (unpaired) electrons. The van der Waals surface area contributed by atoms with Gasteiger partial charge in [-0.2, -0.15) is 0 Å². The summed E-state index contributed by atoms with van der Waals surface area (Å²) in [5, 5.41) is 0. The molecule has 0 amide bonds. The molecular formula is C8H9BrOS. The molecule has 0 N–H and O–H groups in total. The number of halogens is 1. The number of thiophene rings is 1. The van der Waals surface area contributed by atoms with Crippen LogP contribution in [0.4, 0.5) is 0 Å². The van der Waals surface area contributed by atoms with Crippen LogP contribution in [0.3, 0.4) is 0 Å². The Labute approximate surface area is 78.6 Å². The number of Topliss-reactive ketones (excluding diaryl/α,β-unsaturated/α-hetero) is 1. The Morgan fingerprint density at radius 3 is 2.64 bits per heavy atom. The second-order valence-corrected chi connectivity index (χ2v) is 5.05. The van der Waals surface area contributed by atoms with Crippen molar-refractivity contribution in [1.82, 2.24) is 0 Å². The largest absolute Gasteiger partial charge is 0.292 e. The molecule has 60 valence electrons. The van der Waals surface area contributed by atoms with Gasteiger partial charge in [0, 0.05) is 4.88 Å². The molecule has 1 aromatic rings. The van der Waals surface area contributed by atoms with E-state index in [2.05, 4.69) is 15.9 Å². The van der Waals surface area contributed by atoms with Crippen molar-refractivity contribution in [2.24, 2.45) is 0 Å². The Morgan fingerprint density at radius 2 is 2.27 bits per heavy atom. The molecule has 0 aliphatic carbocycles. The molecule has 1 nitrogen and oxygen atoms in total. The number of hydrogen-bond acceptors (Lipinski definition) is 2. The van der Waals surface area contributed by atoms with E-state index in [1.807, 2.05) is 26.0 Å². The van der Waals surface area contributed by atoms with Gasteiger partial charge in [0.25, 0.3) is 0 Å². The van der Waals surface area contributed by atoms with E-state index in [9.17, 15) is 4.79 Å². The first-order valence-electron chi connectivity index (χ1n) is 3.36. The van der Waals surface area contributed by atoms with Gasteiger partial charge in [0.2, 0.25) is 0 Å². The Bertz CT molecular complexity index is 265. The highest BCUT2D eigenvalue weighted by molar-refractivity contribution is 9.10. The van der Waals surface area contributed by atoms with E-state index in [1.54, 1.807) is 11.3 Å². The summed E-state index contributed by atoms with van der Waals surface area (Å²) in [6.45, 7) is 3.84. The molecule has 1 rings (SSSR count). The average molecular weight is 233 g/mol. The van der Waals surface area contributed by atoms with Crippen molar-refractivity contribution >= 4 is 33.0 Å². The first-order valence-corrected chi connectivity index (χ1v) is 5.09. The van der Waals surface area contributed by atoms with Gasteiger partial charge in [-0.1, -0.05) is 15.9 Å². The molecule has 0 saturated carbocycles. The van der Waals surface area contributed by atoms with Crippen molar-refractivity contribution in [2.75, 3.05) is 0 Å². The van der Waals surface area contributed by atoms with E-state index in [4.69, 9.17) is 0 Å². The summed E-state index contributed by atoms with van der Waals surface area (Å²) in [7, 11) is 0. The molecule has 0 aliphatic rings. The summed E-state index contributed by atoms with van der Waals surface area (Å²) in [6.07, 6.45) is 0. The second-order valence-electron chi connectivity index (χ2n) is 2.39. The molecule has 1 atom stereocenters. The molecule has 1 aromatic heterocycles. The number of rotatable bonds is 2. The zero-order chi connectivity index (χ0) is 8.43. The topological polar surface area (TPSA) is 17.1 Å². The number of alkyl halides is 1. The van der Waals surface area contributed by atoms with Gasteiger partial charge >= 0.3 is 0 Å². The summed E-state index contributed by atoms with van der Waals surface area (Å²) in [5.74, 6) is 0.170. The second kappa shape index (κ2) is 3.50. The minimum Gasteiger partial charge on any atom is -0.292 e. The van der Waals surface area contributed by atoms with Crippen LogP contribution < -0.4 is 0 Å². The lowest BCUT2D eigenvalue weighted by Crippen LogP contribution is -2.07. The number of carbonyl (C=O) groups is 1. The summed E-state index contributed by atoms with van der Waals surface area (Å²) in [4.78, 5) is 13.3. The summed E-state index contributed by atoms with van der Waals surface area (Å²) < 4.78 is 0. The number of hydrogen-bond donors (Lipinski definition) is 0. The monoisotopic (exact) mass is 232 g/mol. The predicted molar refractivity (Wildman–Crippen MR) is 51.8 cm³/mol. The first-order chi connectivity index (χ1) is 5.11. The normalized spacial score (nSPS) is 13.0. The van der Waals surface area contributed by atoms with Crippen molar-refractivity contribution in [3.63, 3.8) is 0 Å². The molecule has 1 unspecified atom stereocenters. The van der Waals surface area contributed by atoms with Gasteiger partial charge in [-0.05, 0) is 26.0 Å². The fourth-order valence-electron chi connectivity index (χ4n) is 0.763. The molecule has 11 heavy (non-hydrogen) atoms. The fourth-order valence-corrected chi connectivity index (χ4v) is 2.06. The predicted octanol–water partition coefficient (Wildman–Crippen LogP) is 3.02. The molecule has 3 heteroatoms. The molecule has 0 aromatic carbocycles. The summed E-state index contributed by atoms with van der Waals surface area (Å²) >= 11 is 4.79. The quantitative estimate of drug-likeness (QED) is 0.566. The van der Waals surface area contributed by atoms with E-state index >= 15 is 0 Å². The number of ketones is 1. The van der Waals surface area contributed by atoms with Gasteiger partial charge in [-0.3, -0.25) is 4.79 Å². The standard InChI is InChI=1S/C8H9BrOS/c1-5-3-4-7(11-5)8(10)6(2)9/h3-4,6H,1-2H3. The van der Waals surface area contributed by atoms with Crippen molar-refractivity contribution in [1.29, 1.82) is 0 Å². The minimum absolute atomic E-state index is 0.0689. The Kier molecular flexibility index (Phi) is 2.84. The van der Waals surface area contributed by atoms with Crippen LogP contribution in [0.25, 0.3) is 0 Å². The van der Waals surface area contributed by atoms with Gasteiger partial charge in [0.05, 0.1) is 9.70 Å². The third kappa shape index (κ3) is 2.14. The van der Waals surface area contributed by atoms with Crippen LogP contribution in [0.2, 0.25) is 0 Å². The lowest BCUT2D eigenvalue weighted by Gasteiger charge is -1.96. The van der Waals surface area contributed by atoms with Crippen LogP contribution in [0, 0.1) is 6.92 Å². The zero-order valence-corrected chi connectivity index (χ0v) is 8.83. The molecule has 1 heterocycles.